The Hall–Kier alpha value is -2.16. The second-order valence-corrected chi connectivity index (χ2v) is 11.0. The van der Waals surface area contributed by atoms with Crippen molar-refractivity contribution in [1.82, 2.24) is 25.4 Å². The van der Waals surface area contributed by atoms with Crippen molar-refractivity contribution in [1.29, 1.82) is 0 Å². The van der Waals surface area contributed by atoms with Gasteiger partial charge in [0.1, 0.15) is 5.69 Å². The van der Waals surface area contributed by atoms with Gasteiger partial charge in [0.25, 0.3) is 11.8 Å². The molecule has 1 fully saturated rings. The number of nitrogens with one attached hydrogen (secondary N) is 2. The smallest absolute Gasteiger partial charge is 0.289 e. The summed E-state index contributed by atoms with van der Waals surface area (Å²) in [6, 6.07) is -0.345. The average Bonchev–Trinajstić information content (AvgIpc) is 3.35. The van der Waals surface area contributed by atoms with Gasteiger partial charge in [0.15, 0.2) is 0 Å². The number of nitrogens with zero attached hydrogens (tertiary/aromatic N) is 3. The van der Waals surface area contributed by atoms with Crippen molar-refractivity contribution in [3.05, 3.63) is 33.7 Å². The van der Waals surface area contributed by atoms with E-state index in [4.69, 9.17) is 4.42 Å². The molecule has 2 aromatic rings. The summed E-state index contributed by atoms with van der Waals surface area (Å²) in [4.78, 5) is 30.1. The molecule has 170 valence electrons. The fourth-order valence-electron chi connectivity index (χ4n) is 3.70. The lowest BCUT2D eigenvalue weighted by atomic mass is 9.97. The van der Waals surface area contributed by atoms with E-state index in [0.29, 0.717) is 16.1 Å². The molecule has 2 atom stereocenters. The van der Waals surface area contributed by atoms with Crippen LogP contribution in [0.15, 0.2) is 15.1 Å². The van der Waals surface area contributed by atoms with Crippen LogP contribution in [0.5, 0.6) is 0 Å². The molecule has 1 saturated carbocycles. The first-order valence-electron chi connectivity index (χ1n) is 10.6. The molecular formula is C22H32BrN5O3. The fraction of sp³-hybridized carbons (Fsp3) is 0.636. The van der Waals surface area contributed by atoms with E-state index in [9.17, 15) is 9.59 Å². The van der Waals surface area contributed by atoms with Gasteiger partial charge in [-0.05, 0) is 62.9 Å². The summed E-state index contributed by atoms with van der Waals surface area (Å²) < 4.78 is 8.08. The van der Waals surface area contributed by atoms with Crippen LogP contribution < -0.4 is 10.6 Å². The number of carbonyl (C=O) groups is 2. The van der Waals surface area contributed by atoms with E-state index in [2.05, 4.69) is 36.6 Å². The minimum atomic E-state index is -0.343. The van der Waals surface area contributed by atoms with Gasteiger partial charge in [-0.1, -0.05) is 20.8 Å². The summed E-state index contributed by atoms with van der Waals surface area (Å²) in [5.74, 6) is 0.185. The average molecular weight is 494 g/mol. The standard InChI is InChI=1S/C22H32BrN5O3/c1-12-16(23)17(28(27-12)22(5,6)7)19(30)26-14-10-8-9-13(14)25-18(29)15-11-24-20(31-15)21(2,3)4/h11,13-14H,8-10H2,1-7H3,(H,25,29)(H,26,30)/t13-,14-/m1/s1. The molecule has 9 heteroatoms. The van der Waals surface area contributed by atoms with Gasteiger partial charge >= 0.3 is 0 Å². The van der Waals surface area contributed by atoms with Crippen LogP contribution in [0.4, 0.5) is 0 Å². The van der Waals surface area contributed by atoms with Crippen LogP contribution in [-0.2, 0) is 11.0 Å². The minimum absolute atomic E-state index is 0.169. The zero-order chi connectivity index (χ0) is 23.1. The topological polar surface area (TPSA) is 102 Å². The number of amides is 2. The molecule has 2 N–H and O–H groups in total. The molecule has 0 bridgehead atoms. The number of hydrogen-bond acceptors (Lipinski definition) is 5. The summed E-state index contributed by atoms with van der Waals surface area (Å²) in [6.45, 7) is 13.8. The number of aromatic nitrogens is 3. The largest absolute Gasteiger partial charge is 0.435 e. The summed E-state index contributed by atoms with van der Waals surface area (Å²) >= 11 is 3.51. The maximum absolute atomic E-state index is 13.2. The number of rotatable bonds is 4. The van der Waals surface area contributed by atoms with E-state index in [-0.39, 0.29) is 40.6 Å². The van der Waals surface area contributed by atoms with Crippen LogP contribution in [0.1, 0.15) is 93.4 Å². The monoisotopic (exact) mass is 493 g/mol. The van der Waals surface area contributed by atoms with Gasteiger partial charge in [0, 0.05) is 17.5 Å². The molecule has 0 spiro atoms. The van der Waals surface area contributed by atoms with Crippen molar-refractivity contribution in [2.75, 3.05) is 0 Å². The van der Waals surface area contributed by atoms with E-state index in [1.54, 1.807) is 4.68 Å². The van der Waals surface area contributed by atoms with Gasteiger partial charge in [-0.25, -0.2) is 4.98 Å². The third-order valence-electron chi connectivity index (χ3n) is 5.36. The Bertz CT molecular complexity index is 980. The van der Waals surface area contributed by atoms with Gasteiger partial charge in [-0.2, -0.15) is 5.10 Å². The molecule has 0 aromatic carbocycles. The van der Waals surface area contributed by atoms with E-state index in [1.807, 2.05) is 48.5 Å². The minimum Gasteiger partial charge on any atom is -0.435 e. The second-order valence-electron chi connectivity index (χ2n) is 10.2. The number of halogens is 1. The molecular weight excluding hydrogens is 462 g/mol. The Labute approximate surface area is 191 Å². The first-order valence-corrected chi connectivity index (χ1v) is 11.4. The van der Waals surface area contributed by atoms with Crippen LogP contribution in [0, 0.1) is 6.92 Å². The van der Waals surface area contributed by atoms with Crippen molar-refractivity contribution in [2.24, 2.45) is 0 Å². The van der Waals surface area contributed by atoms with Gasteiger partial charge < -0.3 is 15.1 Å². The Balaban J connectivity index is 1.73. The second kappa shape index (κ2) is 8.41. The summed E-state index contributed by atoms with van der Waals surface area (Å²) in [5, 5.41) is 10.6. The molecule has 0 unspecified atom stereocenters. The van der Waals surface area contributed by atoms with E-state index >= 15 is 0 Å². The van der Waals surface area contributed by atoms with E-state index < -0.39 is 0 Å². The number of carbonyl (C=O) groups excluding carboxylic acids is 2. The zero-order valence-electron chi connectivity index (χ0n) is 19.3. The van der Waals surface area contributed by atoms with Crippen LogP contribution in [0.2, 0.25) is 0 Å². The maximum Gasteiger partial charge on any atom is 0.289 e. The van der Waals surface area contributed by atoms with Crippen LogP contribution >= 0.6 is 15.9 Å². The molecule has 3 rings (SSSR count). The normalized spacial score (nSPS) is 19.5. The Kier molecular flexibility index (Phi) is 6.37. The van der Waals surface area contributed by atoms with Gasteiger partial charge in [-0.3, -0.25) is 14.3 Å². The predicted molar refractivity (Wildman–Crippen MR) is 121 cm³/mol. The lowest BCUT2D eigenvalue weighted by Gasteiger charge is -2.25. The van der Waals surface area contributed by atoms with Gasteiger partial charge in [0.2, 0.25) is 11.7 Å². The molecule has 8 nitrogen and oxygen atoms in total. The van der Waals surface area contributed by atoms with Crippen molar-refractivity contribution in [3.63, 3.8) is 0 Å². The molecule has 2 amide bonds. The molecule has 2 aromatic heterocycles. The third kappa shape index (κ3) is 5.02. The molecule has 31 heavy (non-hydrogen) atoms. The molecule has 1 aliphatic rings. The van der Waals surface area contributed by atoms with Crippen molar-refractivity contribution < 1.29 is 14.0 Å². The SMILES string of the molecule is Cc1nn(C(C)(C)C)c(C(=O)N[C@@H]2CCC[C@H]2NC(=O)c2cnc(C(C)(C)C)o2)c1Br. The molecule has 2 heterocycles. The Morgan fingerprint density at radius 2 is 1.68 bits per heavy atom. The third-order valence-corrected chi connectivity index (χ3v) is 6.31. The quantitative estimate of drug-likeness (QED) is 0.667. The van der Waals surface area contributed by atoms with Crippen LogP contribution in [0.3, 0.4) is 0 Å². The lowest BCUT2D eigenvalue weighted by molar-refractivity contribution is 0.0866. The predicted octanol–water partition coefficient (Wildman–Crippen LogP) is 4.08. The Morgan fingerprint density at radius 3 is 2.19 bits per heavy atom. The van der Waals surface area contributed by atoms with E-state index in [1.165, 1.54) is 6.20 Å². The number of hydrogen-bond donors (Lipinski definition) is 2. The van der Waals surface area contributed by atoms with Crippen molar-refractivity contribution in [2.45, 2.75) is 90.8 Å². The highest BCUT2D eigenvalue weighted by Crippen LogP contribution is 2.28. The summed E-state index contributed by atoms with van der Waals surface area (Å²) in [6.07, 6.45) is 3.95. The number of oxazole rings is 1. The molecule has 0 radical (unpaired) electrons. The molecule has 1 aliphatic carbocycles. The van der Waals surface area contributed by atoms with Gasteiger partial charge in [-0.15, -0.1) is 0 Å². The molecule has 0 saturated heterocycles. The van der Waals surface area contributed by atoms with Crippen LogP contribution in [-0.4, -0.2) is 38.7 Å². The summed E-state index contributed by atoms with van der Waals surface area (Å²) in [5.41, 5.74) is 0.636. The fourth-order valence-corrected chi connectivity index (χ4v) is 4.12. The first kappa shape index (κ1) is 23.5. The highest BCUT2D eigenvalue weighted by molar-refractivity contribution is 9.10. The van der Waals surface area contributed by atoms with E-state index in [0.717, 1.165) is 25.0 Å². The molecule has 0 aliphatic heterocycles. The number of aryl methyl sites for hydroxylation is 1. The van der Waals surface area contributed by atoms with Crippen molar-refractivity contribution in [3.8, 4) is 0 Å². The summed E-state index contributed by atoms with van der Waals surface area (Å²) in [7, 11) is 0. The van der Waals surface area contributed by atoms with Crippen molar-refractivity contribution >= 4 is 27.7 Å². The maximum atomic E-state index is 13.2. The Morgan fingerprint density at radius 1 is 1.10 bits per heavy atom. The zero-order valence-corrected chi connectivity index (χ0v) is 20.9. The van der Waals surface area contributed by atoms with Crippen LogP contribution in [0.25, 0.3) is 0 Å². The van der Waals surface area contributed by atoms with Gasteiger partial charge in [0.05, 0.1) is 21.9 Å². The highest BCUT2D eigenvalue weighted by Gasteiger charge is 2.34. The first-order chi connectivity index (χ1) is 14.3. The highest BCUT2D eigenvalue weighted by atomic mass is 79.9. The lowest BCUT2D eigenvalue weighted by Crippen LogP contribution is -2.49.